The molecule has 0 saturated carbocycles. The second-order valence-corrected chi connectivity index (χ2v) is 4.95. The first kappa shape index (κ1) is 14.7. The van der Waals surface area contributed by atoms with E-state index in [1.165, 1.54) is 0 Å². The van der Waals surface area contributed by atoms with Crippen LogP contribution in [0.5, 0.6) is 0 Å². The average molecular weight is 306 g/mol. The zero-order valence-electron chi connectivity index (χ0n) is 12.2. The predicted molar refractivity (Wildman–Crippen MR) is 87.0 cm³/mol. The number of pyridine rings is 1. The van der Waals surface area contributed by atoms with Gasteiger partial charge in [-0.2, -0.15) is 0 Å². The van der Waals surface area contributed by atoms with Crippen molar-refractivity contribution in [3.63, 3.8) is 0 Å². The van der Waals surface area contributed by atoms with E-state index in [0.717, 1.165) is 16.5 Å². The zero-order valence-corrected chi connectivity index (χ0v) is 12.2. The number of nitrogens with one attached hydrogen (secondary N) is 1. The fourth-order valence-corrected chi connectivity index (χ4v) is 2.24. The van der Waals surface area contributed by atoms with Crippen LogP contribution in [0.3, 0.4) is 0 Å². The highest BCUT2D eigenvalue weighted by Crippen LogP contribution is 2.18. The van der Waals surface area contributed by atoms with Gasteiger partial charge in [-0.1, -0.05) is 24.3 Å². The Hall–Kier alpha value is -3.21. The van der Waals surface area contributed by atoms with Crippen LogP contribution in [0.15, 0.2) is 60.7 Å². The van der Waals surface area contributed by atoms with Gasteiger partial charge >= 0.3 is 0 Å². The number of fused-ring (bicyclic) bond motifs is 1. The number of rotatable bonds is 5. The first-order chi connectivity index (χ1) is 11.3. The summed E-state index contributed by atoms with van der Waals surface area (Å²) >= 11 is 0. The number of hydrogen-bond acceptors (Lipinski definition) is 4. The molecule has 1 heterocycles. The van der Waals surface area contributed by atoms with E-state index < -0.39 is 0 Å². The van der Waals surface area contributed by atoms with E-state index in [0.29, 0.717) is 17.9 Å². The van der Waals surface area contributed by atoms with E-state index in [2.05, 4.69) is 10.3 Å². The number of ether oxygens (including phenoxy) is 1. The number of benzene rings is 2. The fourth-order valence-electron chi connectivity index (χ4n) is 2.24. The molecule has 0 atom stereocenters. The fraction of sp³-hybridized carbons (Fsp3) is 0.0556. The highest BCUT2D eigenvalue weighted by molar-refractivity contribution is 6.04. The quantitative estimate of drug-likeness (QED) is 0.735. The van der Waals surface area contributed by atoms with Crippen molar-refractivity contribution in [3.8, 4) is 0 Å². The molecule has 0 aliphatic rings. The molecule has 0 spiro atoms. The number of nitrogens with zero attached hydrogens (tertiary/aromatic N) is 1. The van der Waals surface area contributed by atoms with Crippen LogP contribution < -0.4 is 5.32 Å². The Bertz CT molecular complexity index is 847. The van der Waals surface area contributed by atoms with Crippen LogP contribution in [0.25, 0.3) is 10.9 Å². The van der Waals surface area contributed by atoms with Gasteiger partial charge in [0.15, 0.2) is 0 Å². The van der Waals surface area contributed by atoms with Gasteiger partial charge in [-0.25, -0.2) is 4.98 Å². The summed E-state index contributed by atoms with van der Waals surface area (Å²) < 4.78 is 4.74. The number of anilines is 1. The molecule has 3 rings (SSSR count). The standard InChI is InChI=1S/C18H14N2O3/c21-12-23-11-13-6-8-16-15(10-13)7-9-17(19-16)20-18(22)14-4-2-1-3-5-14/h1-10,12H,11H2,(H,19,20,22). The number of aromatic nitrogens is 1. The predicted octanol–water partition coefficient (Wildman–Crippen LogP) is 3.16. The topological polar surface area (TPSA) is 68.3 Å². The van der Waals surface area contributed by atoms with Gasteiger partial charge in [-0.3, -0.25) is 9.59 Å². The Balaban J connectivity index is 1.80. The molecule has 1 amide bonds. The van der Waals surface area contributed by atoms with E-state index in [1.807, 2.05) is 42.5 Å². The van der Waals surface area contributed by atoms with E-state index in [-0.39, 0.29) is 12.5 Å². The van der Waals surface area contributed by atoms with E-state index in [4.69, 9.17) is 4.74 Å². The van der Waals surface area contributed by atoms with Crippen molar-refractivity contribution in [1.82, 2.24) is 4.98 Å². The molecular weight excluding hydrogens is 292 g/mol. The lowest BCUT2D eigenvalue weighted by molar-refractivity contribution is -0.129. The van der Waals surface area contributed by atoms with Crippen molar-refractivity contribution in [3.05, 3.63) is 71.8 Å². The molecule has 5 nitrogen and oxygen atoms in total. The van der Waals surface area contributed by atoms with Crippen LogP contribution in [-0.2, 0) is 16.1 Å². The van der Waals surface area contributed by atoms with Gasteiger partial charge in [-0.15, -0.1) is 0 Å². The molecule has 2 aromatic carbocycles. The summed E-state index contributed by atoms with van der Waals surface area (Å²) in [5.74, 6) is 0.289. The van der Waals surface area contributed by atoms with E-state index in [1.54, 1.807) is 18.2 Å². The smallest absolute Gasteiger partial charge is 0.293 e. The van der Waals surface area contributed by atoms with Crippen molar-refractivity contribution < 1.29 is 14.3 Å². The molecule has 0 aliphatic carbocycles. The van der Waals surface area contributed by atoms with Crippen molar-refractivity contribution in [2.75, 3.05) is 5.32 Å². The van der Waals surface area contributed by atoms with Crippen molar-refractivity contribution in [2.24, 2.45) is 0 Å². The van der Waals surface area contributed by atoms with Crippen LogP contribution in [-0.4, -0.2) is 17.4 Å². The first-order valence-corrected chi connectivity index (χ1v) is 7.07. The Labute approximate surface area is 132 Å². The van der Waals surface area contributed by atoms with Crippen molar-refractivity contribution in [2.45, 2.75) is 6.61 Å². The third-order valence-electron chi connectivity index (χ3n) is 3.35. The van der Waals surface area contributed by atoms with Crippen molar-refractivity contribution >= 4 is 29.1 Å². The minimum absolute atomic E-state index is 0.201. The number of hydrogen-bond donors (Lipinski definition) is 1. The van der Waals surface area contributed by atoms with Crippen LogP contribution in [0.1, 0.15) is 15.9 Å². The third-order valence-corrected chi connectivity index (χ3v) is 3.35. The maximum absolute atomic E-state index is 12.1. The third kappa shape index (κ3) is 3.52. The summed E-state index contributed by atoms with van der Waals surface area (Å²) in [5, 5.41) is 3.69. The van der Waals surface area contributed by atoms with Crippen LogP contribution >= 0.6 is 0 Å². The molecule has 0 saturated heterocycles. The molecule has 1 N–H and O–H groups in total. The lowest BCUT2D eigenvalue weighted by atomic mass is 10.1. The monoisotopic (exact) mass is 306 g/mol. The van der Waals surface area contributed by atoms with E-state index >= 15 is 0 Å². The minimum atomic E-state index is -0.201. The Morgan fingerprint density at radius 2 is 1.91 bits per heavy atom. The molecule has 0 unspecified atom stereocenters. The molecule has 23 heavy (non-hydrogen) atoms. The summed E-state index contributed by atoms with van der Waals surface area (Å²) in [6.07, 6.45) is 0. The van der Waals surface area contributed by atoms with Gasteiger partial charge in [0, 0.05) is 10.9 Å². The van der Waals surface area contributed by atoms with Gasteiger partial charge in [0.1, 0.15) is 12.4 Å². The minimum Gasteiger partial charge on any atom is -0.463 e. The van der Waals surface area contributed by atoms with E-state index in [9.17, 15) is 9.59 Å². The molecule has 3 aromatic rings. The van der Waals surface area contributed by atoms with Gasteiger partial charge in [0.2, 0.25) is 0 Å². The zero-order chi connectivity index (χ0) is 16.1. The molecule has 5 heteroatoms. The average Bonchev–Trinajstić information content (AvgIpc) is 2.60. The Morgan fingerprint density at radius 1 is 1.09 bits per heavy atom. The van der Waals surface area contributed by atoms with Gasteiger partial charge in [0.25, 0.3) is 12.4 Å². The summed E-state index contributed by atoms with van der Waals surface area (Å²) in [6.45, 7) is 0.649. The Morgan fingerprint density at radius 3 is 2.70 bits per heavy atom. The molecule has 0 aliphatic heterocycles. The van der Waals surface area contributed by atoms with Gasteiger partial charge < -0.3 is 10.1 Å². The number of carbonyl (C=O) groups excluding carboxylic acids is 2. The summed E-state index contributed by atoms with van der Waals surface area (Å²) in [7, 11) is 0. The summed E-state index contributed by atoms with van der Waals surface area (Å²) in [6, 6.07) is 18.1. The molecule has 114 valence electrons. The molecule has 0 radical (unpaired) electrons. The SMILES string of the molecule is O=COCc1ccc2nc(NC(=O)c3ccccc3)ccc2c1. The molecule has 0 fully saturated rings. The normalized spacial score (nSPS) is 10.3. The van der Waals surface area contributed by atoms with Crippen LogP contribution in [0.4, 0.5) is 5.82 Å². The highest BCUT2D eigenvalue weighted by Gasteiger charge is 2.07. The highest BCUT2D eigenvalue weighted by atomic mass is 16.5. The molecular formula is C18H14N2O3. The molecule has 1 aromatic heterocycles. The summed E-state index contributed by atoms with van der Waals surface area (Å²) in [5.41, 5.74) is 2.22. The maximum atomic E-state index is 12.1. The lowest BCUT2D eigenvalue weighted by Gasteiger charge is -2.07. The molecule has 0 bridgehead atoms. The van der Waals surface area contributed by atoms with Gasteiger partial charge in [0.05, 0.1) is 5.52 Å². The second-order valence-electron chi connectivity index (χ2n) is 4.95. The van der Waals surface area contributed by atoms with Gasteiger partial charge in [-0.05, 0) is 42.0 Å². The first-order valence-electron chi connectivity index (χ1n) is 7.07. The largest absolute Gasteiger partial charge is 0.463 e. The van der Waals surface area contributed by atoms with Crippen LogP contribution in [0.2, 0.25) is 0 Å². The number of amides is 1. The summed E-state index contributed by atoms with van der Waals surface area (Å²) in [4.78, 5) is 26.8. The Kier molecular flexibility index (Phi) is 4.29. The second kappa shape index (κ2) is 6.70. The number of carbonyl (C=O) groups is 2. The van der Waals surface area contributed by atoms with Crippen molar-refractivity contribution in [1.29, 1.82) is 0 Å². The lowest BCUT2D eigenvalue weighted by Crippen LogP contribution is -2.12. The maximum Gasteiger partial charge on any atom is 0.293 e. The van der Waals surface area contributed by atoms with Crippen LogP contribution in [0, 0.1) is 0 Å².